The van der Waals surface area contributed by atoms with E-state index in [0.717, 1.165) is 10.8 Å². The molecule has 1 fully saturated rings. The van der Waals surface area contributed by atoms with Gasteiger partial charge in [0.05, 0.1) is 6.61 Å². The third-order valence-electron chi connectivity index (χ3n) is 3.77. The van der Waals surface area contributed by atoms with Crippen LogP contribution in [0.4, 0.5) is 0 Å². The second kappa shape index (κ2) is 6.02. The van der Waals surface area contributed by atoms with Crippen molar-refractivity contribution in [1.82, 2.24) is 0 Å². The van der Waals surface area contributed by atoms with Gasteiger partial charge in [0.1, 0.15) is 24.1 Å². The number of ether oxygens (including phenoxy) is 1. The zero-order valence-corrected chi connectivity index (χ0v) is 11.7. The van der Waals surface area contributed by atoms with Crippen LogP contribution in [0.3, 0.4) is 0 Å². The van der Waals surface area contributed by atoms with E-state index >= 15 is 0 Å². The number of phenols is 1. The van der Waals surface area contributed by atoms with Gasteiger partial charge in [-0.2, -0.15) is 0 Å². The maximum atomic E-state index is 10.0. The SMILES string of the molecule is Oc1ccc2ccccc2c1/C=N/[C@@H]1OC[C@@H](O)[C@@H](O)[C@H]1O. The minimum absolute atomic E-state index is 0.0633. The highest BCUT2D eigenvalue weighted by Gasteiger charge is 2.37. The molecule has 22 heavy (non-hydrogen) atoms. The lowest BCUT2D eigenvalue weighted by molar-refractivity contribution is -0.183. The van der Waals surface area contributed by atoms with E-state index in [4.69, 9.17) is 4.74 Å². The van der Waals surface area contributed by atoms with Crippen LogP contribution in [0.2, 0.25) is 0 Å². The number of aliphatic hydroxyl groups excluding tert-OH is 3. The lowest BCUT2D eigenvalue weighted by atomic mass is 10.0. The number of phenolic OH excluding ortho intramolecular Hbond substituents is 1. The Labute approximate surface area is 126 Å². The number of aliphatic hydroxyl groups is 3. The predicted octanol–water partition coefficient (Wildman–Crippen LogP) is 0.403. The normalized spacial score (nSPS) is 29.2. The van der Waals surface area contributed by atoms with Crippen molar-refractivity contribution in [3.63, 3.8) is 0 Å². The molecule has 0 spiro atoms. The van der Waals surface area contributed by atoms with Crippen LogP contribution in [0.15, 0.2) is 41.4 Å². The first-order valence-corrected chi connectivity index (χ1v) is 6.97. The summed E-state index contributed by atoms with van der Waals surface area (Å²) in [4.78, 5) is 4.10. The second-order valence-electron chi connectivity index (χ2n) is 5.27. The lowest BCUT2D eigenvalue weighted by Gasteiger charge is -2.32. The van der Waals surface area contributed by atoms with E-state index in [2.05, 4.69) is 4.99 Å². The molecule has 1 aliphatic heterocycles. The molecule has 0 saturated carbocycles. The molecule has 2 aromatic rings. The molecule has 0 aromatic heterocycles. The van der Waals surface area contributed by atoms with Crippen LogP contribution < -0.4 is 0 Å². The number of hydrogen-bond acceptors (Lipinski definition) is 6. The van der Waals surface area contributed by atoms with Gasteiger partial charge in [-0.3, -0.25) is 4.99 Å². The minimum atomic E-state index is -1.32. The van der Waals surface area contributed by atoms with Gasteiger partial charge >= 0.3 is 0 Å². The lowest BCUT2D eigenvalue weighted by Crippen LogP contribution is -2.52. The molecule has 4 atom stereocenters. The smallest absolute Gasteiger partial charge is 0.176 e. The molecule has 2 aromatic carbocycles. The molecular formula is C16H17NO5. The van der Waals surface area contributed by atoms with E-state index in [0.29, 0.717) is 5.56 Å². The quantitative estimate of drug-likeness (QED) is 0.602. The maximum Gasteiger partial charge on any atom is 0.176 e. The standard InChI is InChI=1S/C16H17NO5/c18-12-6-5-9-3-1-2-4-10(9)11(12)7-17-16-15(21)14(20)13(19)8-22-16/h1-7,13-16,18-21H,8H2/b17-7+/t13-,14-,15-,16-/m1/s1. The first kappa shape index (κ1) is 14.9. The Bertz CT molecular complexity index is 702. The molecule has 0 aliphatic carbocycles. The van der Waals surface area contributed by atoms with Gasteiger partial charge in [-0.25, -0.2) is 0 Å². The summed E-state index contributed by atoms with van der Waals surface area (Å²) in [7, 11) is 0. The average Bonchev–Trinajstić information content (AvgIpc) is 2.53. The summed E-state index contributed by atoms with van der Waals surface area (Å²) >= 11 is 0. The number of rotatable bonds is 2. The van der Waals surface area contributed by atoms with E-state index in [1.807, 2.05) is 24.3 Å². The summed E-state index contributed by atoms with van der Waals surface area (Å²) in [5.74, 6) is 0.0633. The molecule has 0 bridgehead atoms. The minimum Gasteiger partial charge on any atom is -0.507 e. The number of benzene rings is 2. The van der Waals surface area contributed by atoms with Crippen molar-refractivity contribution in [2.75, 3.05) is 6.61 Å². The molecule has 0 amide bonds. The van der Waals surface area contributed by atoms with Crippen LogP contribution in [-0.4, -0.2) is 57.8 Å². The van der Waals surface area contributed by atoms with Gasteiger partial charge < -0.3 is 25.2 Å². The fourth-order valence-corrected chi connectivity index (χ4v) is 2.49. The van der Waals surface area contributed by atoms with E-state index in [1.54, 1.807) is 12.1 Å². The Kier molecular flexibility index (Phi) is 4.08. The van der Waals surface area contributed by atoms with Crippen molar-refractivity contribution >= 4 is 17.0 Å². The molecule has 6 nitrogen and oxygen atoms in total. The van der Waals surface area contributed by atoms with Crippen LogP contribution >= 0.6 is 0 Å². The van der Waals surface area contributed by atoms with Crippen molar-refractivity contribution in [3.05, 3.63) is 42.0 Å². The first-order chi connectivity index (χ1) is 10.6. The zero-order valence-electron chi connectivity index (χ0n) is 11.7. The highest BCUT2D eigenvalue weighted by molar-refractivity contribution is 6.02. The molecule has 0 unspecified atom stereocenters. The Morgan fingerprint density at radius 1 is 1.05 bits per heavy atom. The molecule has 3 rings (SSSR count). The monoisotopic (exact) mass is 303 g/mol. The number of hydrogen-bond donors (Lipinski definition) is 4. The van der Waals surface area contributed by atoms with Crippen LogP contribution in [0.1, 0.15) is 5.56 Å². The largest absolute Gasteiger partial charge is 0.507 e. The summed E-state index contributed by atoms with van der Waals surface area (Å²) in [5, 5.41) is 40.7. The van der Waals surface area contributed by atoms with E-state index in [1.165, 1.54) is 6.21 Å². The molecule has 1 aliphatic rings. The zero-order chi connectivity index (χ0) is 15.7. The summed E-state index contributed by atoms with van der Waals surface area (Å²) in [6.45, 7) is -0.109. The number of fused-ring (bicyclic) bond motifs is 1. The van der Waals surface area contributed by atoms with Crippen LogP contribution in [0.25, 0.3) is 10.8 Å². The maximum absolute atomic E-state index is 10.0. The van der Waals surface area contributed by atoms with Crippen molar-refractivity contribution < 1.29 is 25.2 Å². The number of aliphatic imine (C=N–C) groups is 1. The number of nitrogens with zero attached hydrogens (tertiary/aromatic N) is 1. The molecule has 1 heterocycles. The molecule has 4 N–H and O–H groups in total. The summed E-state index contributed by atoms with van der Waals surface area (Å²) in [5.41, 5.74) is 0.509. The molecule has 1 saturated heterocycles. The molecular weight excluding hydrogens is 286 g/mol. The van der Waals surface area contributed by atoms with E-state index in [9.17, 15) is 20.4 Å². The van der Waals surface area contributed by atoms with Gasteiger partial charge in [-0.05, 0) is 16.8 Å². The average molecular weight is 303 g/mol. The predicted molar refractivity (Wildman–Crippen MR) is 81.0 cm³/mol. The Morgan fingerprint density at radius 3 is 2.64 bits per heavy atom. The van der Waals surface area contributed by atoms with Gasteiger partial charge in [0, 0.05) is 11.8 Å². The van der Waals surface area contributed by atoms with Gasteiger partial charge in [0.2, 0.25) is 0 Å². The third-order valence-corrected chi connectivity index (χ3v) is 3.77. The van der Waals surface area contributed by atoms with Crippen molar-refractivity contribution in [3.8, 4) is 5.75 Å². The van der Waals surface area contributed by atoms with Gasteiger partial charge in [-0.15, -0.1) is 0 Å². The Morgan fingerprint density at radius 2 is 1.82 bits per heavy atom. The summed E-state index contributed by atoms with van der Waals surface area (Å²) in [6.07, 6.45) is -3.34. The Hall–Kier alpha value is -1.99. The van der Waals surface area contributed by atoms with Gasteiger partial charge in [0.15, 0.2) is 6.23 Å². The van der Waals surface area contributed by atoms with Crippen molar-refractivity contribution in [2.24, 2.45) is 4.99 Å². The second-order valence-corrected chi connectivity index (χ2v) is 5.27. The molecule has 116 valence electrons. The fraction of sp³-hybridized carbons (Fsp3) is 0.312. The van der Waals surface area contributed by atoms with Crippen LogP contribution in [0.5, 0.6) is 5.75 Å². The van der Waals surface area contributed by atoms with E-state index in [-0.39, 0.29) is 12.4 Å². The fourth-order valence-electron chi connectivity index (χ4n) is 2.49. The van der Waals surface area contributed by atoms with Crippen molar-refractivity contribution in [2.45, 2.75) is 24.5 Å². The first-order valence-electron chi connectivity index (χ1n) is 6.97. The van der Waals surface area contributed by atoms with Gasteiger partial charge in [-0.1, -0.05) is 30.3 Å². The molecule has 6 heteroatoms. The third kappa shape index (κ3) is 2.69. The summed E-state index contributed by atoms with van der Waals surface area (Å²) in [6, 6.07) is 10.9. The summed E-state index contributed by atoms with van der Waals surface area (Å²) < 4.78 is 5.21. The van der Waals surface area contributed by atoms with Gasteiger partial charge in [0.25, 0.3) is 0 Å². The van der Waals surface area contributed by atoms with Crippen LogP contribution in [-0.2, 0) is 4.74 Å². The van der Waals surface area contributed by atoms with Crippen molar-refractivity contribution in [1.29, 1.82) is 0 Å². The topological polar surface area (TPSA) is 103 Å². The Balaban J connectivity index is 1.91. The highest BCUT2D eigenvalue weighted by Crippen LogP contribution is 2.26. The van der Waals surface area contributed by atoms with E-state index < -0.39 is 24.5 Å². The highest BCUT2D eigenvalue weighted by atomic mass is 16.5. The van der Waals surface area contributed by atoms with Crippen LogP contribution in [0, 0.1) is 0 Å². The number of aromatic hydroxyl groups is 1. The molecule has 0 radical (unpaired) electrons.